The molecule has 1 aliphatic rings. The fraction of sp³-hybridized carbons (Fsp3) is 0.500. The van der Waals surface area contributed by atoms with E-state index in [2.05, 4.69) is 15.3 Å². The van der Waals surface area contributed by atoms with Crippen LogP contribution in [0, 0.1) is 0 Å². The van der Waals surface area contributed by atoms with Crippen LogP contribution >= 0.6 is 12.4 Å². The first-order chi connectivity index (χ1) is 7.29. The maximum atomic E-state index is 11.9. The third-order valence-corrected chi connectivity index (χ3v) is 2.68. The molecule has 0 saturated carbocycles. The van der Waals surface area contributed by atoms with Crippen LogP contribution < -0.4 is 5.32 Å². The van der Waals surface area contributed by atoms with Crippen LogP contribution in [0.2, 0.25) is 0 Å². The molecule has 1 aromatic rings. The molecule has 1 aliphatic heterocycles. The van der Waals surface area contributed by atoms with Crippen molar-refractivity contribution in [2.45, 2.75) is 12.5 Å². The zero-order valence-corrected chi connectivity index (χ0v) is 9.91. The lowest BCUT2D eigenvalue weighted by Gasteiger charge is -2.22. The molecule has 1 fully saturated rings. The van der Waals surface area contributed by atoms with Crippen molar-refractivity contribution in [1.82, 2.24) is 20.2 Å². The highest BCUT2D eigenvalue weighted by atomic mass is 35.5. The molecule has 1 saturated heterocycles. The Hall–Kier alpha value is -1.20. The second-order valence-corrected chi connectivity index (χ2v) is 3.65. The van der Waals surface area contributed by atoms with E-state index in [1.807, 2.05) is 7.05 Å². The minimum Gasteiger partial charge on any atom is -0.336 e. The monoisotopic (exact) mass is 242 g/mol. The third-order valence-electron chi connectivity index (χ3n) is 2.68. The lowest BCUT2D eigenvalue weighted by Crippen LogP contribution is -2.38. The summed E-state index contributed by atoms with van der Waals surface area (Å²) in [6.07, 6.45) is 5.60. The number of hydrogen-bond donors (Lipinski definition) is 1. The second-order valence-electron chi connectivity index (χ2n) is 3.65. The Morgan fingerprint density at radius 2 is 2.38 bits per heavy atom. The molecule has 5 nitrogen and oxygen atoms in total. The van der Waals surface area contributed by atoms with Gasteiger partial charge in [-0.05, 0) is 13.0 Å². The molecule has 0 radical (unpaired) electrons. The highest BCUT2D eigenvalue weighted by Gasteiger charge is 2.24. The normalized spacial score (nSPS) is 18.9. The van der Waals surface area contributed by atoms with E-state index in [9.17, 15) is 4.79 Å². The molecule has 16 heavy (non-hydrogen) atoms. The maximum absolute atomic E-state index is 11.9. The zero-order chi connectivity index (χ0) is 10.7. The fourth-order valence-electron chi connectivity index (χ4n) is 1.73. The molecule has 0 bridgehead atoms. The van der Waals surface area contributed by atoms with Crippen LogP contribution in [0.5, 0.6) is 0 Å². The standard InChI is InChI=1S/C10H14N4O.ClH/c1-14(8-2-3-11-6-8)10(15)9-7-12-4-5-13-9;/h4-5,7-8,11H,2-3,6H2,1H3;1H/t8-;/m1./s1. The maximum Gasteiger partial charge on any atom is 0.274 e. The Kier molecular flexibility index (Phi) is 4.64. The van der Waals surface area contributed by atoms with Crippen molar-refractivity contribution < 1.29 is 4.79 Å². The van der Waals surface area contributed by atoms with E-state index >= 15 is 0 Å². The van der Waals surface area contributed by atoms with Crippen molar-refractivity contribution in [2.75, 3.05) is 20.1 Å². The molecule has 2 rings (SSSR count). The Labute approximate surface area is 101 Å². The van der Waals surface area contributed by atoms with Gasteiger partial charge in [-0.1, -0.05) is 0 Å². The number of likely N-dealkylation sites (N-methyl/N-ethyl adjacent to an activating group) is 1. The lowest BCUT2D eigenvalue weighted by molar-refractivity contribution is 0.0737. The van der Waals surface area contributed by atoms with Crippen molar-refractivity contribution in [2.24, 2.45) is 0 Å². The summed E-state index contributed by atoms with van der Waals surface area (Å²) in [6, 6.07) is 0.277. The molecule has 1 aromatic heterocycles. The number of aromatic nitrogens is 2. The molecule has 1 atom stereocenters. The number of hydrogen-bond acceptors (Lipinski definition) is 4. The van der Waals surface area contributed by atoms with Crippen molar-refractivity contribution in [3.8, 4) is 0 Å². The van der Waals surface area contributed by atoms with Gasteiger partial charge in [-0.3, -0.25) is 9.78 Å². The zero-order valence-electron chi connectivity index (χ0n) is 9.09. The summed E-state index contributed by atoms with van der Waals surface area (Å²) in [4.78, 5) is 21.6. The number of nitrogens with one attached hydrogen (secondary N) is 1. The van der Waals surface area contributed by atoms with Crippen molar-refractivity contribution >= 4 is 18.3 Å². The van der Waals surface area contributed by atoms with E-state index < -0.39 is 0 Å². The van der Waals surface area contributed by atoms with Gasteiger partial charge >= 0.3 is 0 Å². The predicted molar refractivity (Wildman–Crippen MR) is 62.6 cm³/mol. The second kappa shape index (κ2) is 5.77. The fourth-order valence-corrected chi connectivity index (χ4v) is 1.73. The van der Waals surface area contributed by atoms with Crippen LogP contribution in [0.3, 0.4) is 0 Å². The predicted octanol–water partition coefficient (Wildman–Crippen LogP) is 0.332. The molecule has 88 valence electrons. The average molecular weight is 243 g/mol. The van der Waals surface area contributed by atoms with Gasteiger partial charge in [0.1, 0.15) is 5.69 Å². The third kappa shape index (κ3) is 2.68. The summed E-state index contributed by atoms with van der Waals surface area (Å²) < 4.78 is 0. The number of amides is 1. The molecule has 1 amide bonds. The molecule has 0 unspecified atom stereocenters. The molecule has 0 aliphatic carbocycles. The minimum absolute atomic E-state index is 0. The van der Waals surface area contributed by atoms with Gasteiger partial charge in [-0.25, -0.2) is 4.98 Å². The molecule has 2 heterocycles. The molecule has 1 N–H and O–H groups in total. The van der Waals surface area contributed by atoms with E-state index in [4.69, 9.17) is 0 Å². The van der Waals surface area contributed by atoms with Crippen LogP contribution in [0.1, 0.15) is 16.9 Å². The molecular formula is C10H15ClN4O. The Bertz CT molecular complexity index is 340. The highest BCUT2D eigenvalue weighted by molar-refractivity contribution is 5.92. The summed E-state index contributed by atoms with van der Waals surface area (Å²) in [7, 11) is 1.81. The first-order valence-electron chi connectivity index (χ1n) is 5.03. The number of carbonyl (C=O) groups excluding carboxylic acids is 1. The molecule has 0 aromatic carbocycles. The summed E-state index contributed by atoms with van der Waals surface area (Å²) in [5, 5.41) is 3.23. The summed E-state index contributed by atoms with van der Waals surface area (Å²) in [6.45, 7) is 1.84. The van der Waals surface area contributed by atoms with E-state index in [0.717, 1.165) is 19.5 Å². The number of halogens is 1. The molecule has 0 spiro atoms. The van der Waals surface area contributed by atoms with Gasteiger partial charge < -0.3 is 10.2 Å². The molecule has 6 heteroatoms. The molecular weight excluding hydrogens is 228 g/mol. The lowest BCUT2D eigenvalue weighted by atomic mass is 10.2. The van der Waals surface area contributed by atoms with Crippen LogP contribution in [-0.4, -0.2) is 47.0 Å². The van der Waals surface area contributed by atoms with Gasteiger partial charge in [0.05, 0.1) is 6.20 Å². The van der Waals surface area contributed by atoms with Crippen molar-refractivity contribution in [3.05, 3.63) is 24.3 Å². The Balaban J connectivity index is 0.00000128. The van der Waals surface area contributed by atoms with Gasteiger partial charge in [-0.15, -0.1) is 12.4 Å². The Morgan fingerprint density at radius 3 is 2.94 bits per heavy atom. The summed E-state index contributed by atoms with van der Waals surface area (Å²) >= 11 is 0. The largest absolute Gasteiger partial charge is 0.336 e. The van der Waals surface area contributed by atoms with Crippen molar-refractivity contribution in [1.29, 1.82) is 0 Å². The van der Waals surface area contributed by atoms with Crippen LogP contribution in [0.15, 0.2) is 18.6 Å². The van der Waals surface area contributed by atoms with Crippen LogP contribution in [-0.2, 0) is 0 Å². The van der Waals surface area contributed by atoms with Gasteiger partial charge in [0.15, 0.2) is 0 Å². The van der Waals surface area contributed by atoms with Crippen LogP contribution in [0.25, 0.3) is 0 Å². The topological polar surface area (TPSA) is 58.1 Å². The first-order valence-corrected chi connectivity index (χ1v) is 5.03. The number of nitrogens with zero attached hydrogens (tertiary/aromatic N) is 3. The van der Waals surface area contributed by atoms with Gasteiger partial charge in [-0.2, -0.15) is 0 Å². The van der Waals surface area contributed by atoms with Gasteiger partial charge in [0.25, 0.3) is 5.91 Å². The summed E-state index contributed by atoms with van der Waals surface area (Å²) in [5.74, 6) is -0.0585. The van der Waals surface area contributed by atoms with Gasteiger partial charge in [0, 0.05) is 32.0 Å². The SMILES string of the molecule is CN(C(=O)c1cnccn1)[C@@H]1CCNC1.Cl. The number of rotatable bonds is 2. The first kappa shape index (κ1) is 12.9. The quantitative estimate of drug-likeness (QED) is 0.812. The van der Waals surface area contributed by atoms with E-state index in [-0.39, 0.29) is 24.4 Å². The Morgan fingerprint density at radius 1 is 1.56 bits per heavy atom. The summed E-state index contributed by atoms with van der Waals surface area (Å²) in [5.41, 5.74) is 0.409. The van der Waals surface area contributed by atoms with Crippen LogP contribution in [0.4, 0.5) is 0 Å². The van der Waals surface area contributed by atoms with Crippen molar-refractivity contribution in [3.63, 3.8) is 0 Å². The smallest absolute Gasteiger partial charge is 0.274 e. The highest BCUT2D eigenvalue weighted by Crippen LogP contribution is 2.09. The van der Waals surface area contributed by atoms with E-state index in [1.165, 1.54) is 12.4 Å². The average Bonchev–Trinajstić information content (AvgIpc) is 2.82. The van der Waals surface area contributed by atoms with Gasteiger partial charge in [0.2, 0.25) is 0 Å². The van der Waals surface area contributed by atoms with E-state index in [1.54, 1.807) is 11.1 Å². The minimum atomic E-state index is -0.0585. The van der Waals surface area contributed by atoms with E-state index in [0.29, 0.717) is 5.69 Å². The number of carbonyl (C=O) groups is 1.